The van der Waals surface area contributed by atoms with E-state index in [2.05, 4.69) is 197 Å². The zero-order valence-electron chi connectivity index (χ0n) is 64.2. The van der Waals surface area contributed by atoms with E-state index in [-0.39, 0.29) is 47.9 Å². The Balaban J connectivity index is 0.0000000975. The minimum atomic E-state index is -0.422. The monoisotopic (exact) mass is 1520 g/mol. The molecule has 12 heterocycles. The third-order valence-electron chi connectivity index (χ3n) is 27.9. The van der Waals surface area contributed by atoms with Gasteiger partial charge in [0.1, 0.15) is 17.2 Å². The van der Waals surface area contributed by atoms with Crippen molar-refractivity contribution in [3.63, 3.8) is 0 Å². The molecule has 2 fully saturated rings. The van der Waals surface area contributed by atoms with Crippen LogP contribution in [0.5, 0.6) is 17.2 Å². The summed E-state index contributed by atoms with van der Waals surface area (Å²) < 4.78 is 30.8. The number of fused-ring (bicyclic) bond motifs is 39. The Morgan fingerprint density at radius 2 is 0.560 bits per heavy atom. The van der Waals surface area contributed by atoms with E-state index in [9.17, 15) is 24.6 Å². The van der Waals surface area contributed by atoms with E-state index < -0.39 is 12.2 Å². The van der Waals surface area contributed by atoms with Crippen LogP contribution in [-0.4, -0.2) is 104 Å². The topological polar surface area (TPSA) is 159 Å². The number of allylic oxidation sites excluding steroid dienone is 2. The zero-order valence-corrected chi connectivity index (χ0v) is 64.2. The van der Waals surface area contributed by atoms with Crippen LogP contribution in [0.25, 0.3) is 131 Å². The first kappa shape index (κ1) is 66.4. The number of carbonyl (C=O) groups is 3. The van der Waals surface area contributed by atoms with Crippen LogP contribution in [0.15, 0.2) is 231 Å². The van der Waals surface area contributed by atoms with Gasteiger partial charge in [0.2, 0.25) is 0 Å². The Hall–Kier alpha value is -13.1. The number of hydrogen-bond acceptors (Lipinski definition) is 8. The van der Waals surface area contributed by atoms with Crippen molar-refractivity contribution in [3.8, 4) is 17.2 Å². The largest absolute Gasteiger partial charge is 0.497 e. The third-order valence-corrected chi connectivity index (χ3v) is 27.9. The summed E-state index contributed by atoms with van der Waals surface area (Å²) in [5.41, 5.74) is 23.5. The number of amides is 3. The lowest BCUT2D eigenvalue weighted by Crippen LogP contribution is -2.23. The van der Waals surface area contributed by atoms with Crippen molar-refractivity contribution in [2.75, 3.05) is 21.3 Å². The average molecular weight is 1520 g/mol. The summed E-state index contributed by atoms with van der Waals surface area (Å²) >= 11 is 0. The Morgan fingerprint density at radius 3 is 0.888 bits per heavy atom. The van der Waals surface area contributed by atoms with E-state index in [0.717, 1.165) is 148 Å². The fraction of sp³-hybridized carbons (Fsp3) is 0.222. The molecule has 9 aliphatic rings. The molecule has 116 heavy (non-hydrogen) atoms. The fourth-order valence-corrected chi connectivity index (χ4v) is 23.3. The average Bonchev–Trinajstić information content (AvgIpc) is 1.52. The molecule has 0 saturated heterocycles. The molecule has 2 N–H and O–H groups in total. The highest BCUT2D eigenvalue weighted by atomic mass is 16.5. The maximum atomic E-state index is 14.3. The molecule has 6 aliphatic heterocycles. The van der Waals surface area contributed by atoms with Crippen LogP contribution < -0.4 is 14.2 Å². The van der Waals surface area contributed by atoms with Crippen molar-refractivity contribution in [1.29, 1.82) is 0 Å². The normalized spacial score (nSPS) is 20.9. The highest BCUT2D eigenvalue weighted by Gasteiger charge is 2.48. The quantitative estimate of drug-likeness (QED) is 0.135. The van der Waals surface area contributed by atoms with Crippen LogP contribution in [0.1, 0.15) is 133 Å². The van der Waals surface area contributed by atoms with E-state index in [1.807, 2.05) is 75.4 Å². The van der Waals surface area contributed by atoms with E-state index in [0.29, 0.717) is 45.3 Å². The molecular formula is C99H79N9O8. The lowest BCUT2D eigenvalue weighted by Gasteiger charge is -2.20. The number of aromatic nitrogens is 6. The molecule has 3 aliphatic carbocycles. The Labute approximate surface area is 664 Å². The van der Waals surface area contributed by atoms with Crippen molar-refractivity contribution in [1.82, 2.24) is 42.1 Å². The van der Waals surface area contributed by atoms with Gasteiger partial charge in [-0.15, -0.1) is 0 Å². The second-order valence-corrected chi connectivity index (χ2v) is 33.5. The van der Waals surface area contributed by atoms with Gasteiger partial charge < -0.3 is 66.5 Å². The smallest absolute Gasteiger partial charge is 0.255 e. The van der Waals surface area contributed by atoms with Crippen LogP contribution >= 0.6 is 0 Å². The van der Waals surface area contributed by atoms with Crippen LogP contribution in [0, 0.1) is 0 Å². The van der Waals surface area contributed by atoms with Gasteiger partial charge in [-0.05, 0) is 138 Å². The summed E-state index contributed by atoms with van der Waals surface area (Å²) in [7, 11) is 5.01. The molecular weight excluding hydrogens is 1440 g/mol. The number of hydrogen-bond donors (Lipinski definition) is 2. The minimum Gasteiger partial charge on any atom is -0.497 e. The first-order valence-electron chi connectivity index (χ1n) is 40.8. The van der Waals surface area contributed by atoms with Crippen LogP contribution in [0.2, 0.25) is 0 Å². The molecule has 0 spiro atoms. The molecule has 17 nitrogen and oxygen atoms in total. The maximum absolute atomic E-state index is 14.3. The van der Waals surface area contributed by atoms with Gasteiger partial charge in [0.15, 0.2) is 0 Å². The fourth-order valence-electron chi connectivity index (χ4n) is 23.3. The van der Waals surface area contributed by atoms with E-state index in [1.54, 1.807) is 21.3 Å². The molecule has 0 radical (unpaired) electrons. The number of aliphatic hydroxyl groups excluding tert-OH is 2. The van der Waals surface area contributed by atoms with Gasteiger partial charge in [-0.1, -0.05) is 158 Å². The summed E-state index contributed by atoms with van der Waals surface area (Å²) in [5, 5.41) is 36.5. The van der Waals surface area contributed by atoms with Crippen molar-refractivity contribution in [2.24, 2.45) is 0 Å². The van der Waals surface area contributed by atoms with E-state index >= 15 is 0 Å². The van der Waals surface area contributed by atoms with Gasteiger partial charge in [-0.2, -0.15) is 0 Å². The molecule has 12 aromatic carbocycles. The standard InChI is InChI=1S/2C33H27N3O3.C33H25N3O2/c1-39-20-12-10-18(11-13-20)16-34-17-23-28-21-6-2-5-9-25(21)36-26-14-19(15-27(26)37)35-24-8-4-3-7-22(24)29(30(23)33(34)38)32(35)31(28)36;1-39-20-12-10-18(11-13-20)16-34-17-23-28-21-6-2-4-8-24(21)35-19-14-26(27(37)15-19)36-25-9-5-3-7-22(25)29(30(23)33(34)38)32(36)31(28)35;1-38-22-14-10-19(11-15-22)17-34-18-25-28-23-6-2-4-8-26(23)35-20-12-13-21(16-20)36-27-9-5-3-7-24(27)29(30(25)33(34)37)32(36)31(28)35/h2*2-13,19,26-27,37H,14-17H2,1H3;2-15,20-21H,16-18H2,1H3/t2*19-,26+,27+;20-,21+/m010/s1. The number of rotatable bonds is 9. The predicted octanol–water partition coefficient (Wildman–Crippen LogP) is 19.8. The number of methoxy groups -OCH3 is 3. The molecule has 0 unspecified atom stereocenters. The number of benzene rings is 12. The number of aliphatic hydroxyl groups is 2. The molecule has 2 saturated carbocycles. The highest BCUT2D eigenvalue weighted by molar-refractivity contribution is 6.34. The lowest BCUT2D eigenvalue weighted by atomic mass is 9.97. The SMILES string of the molecule is COc1ccc(CN2Cc3c(c4c5ccccc5n5c4c4c3c3ccccc3n4[C@@H]3C[C@H]5C[C@H]3O)C2=O)cc1.COc1ccc(CN2Cc3c(c4c5ccccc5n5c4c4c3c3ccccc3n4[C@H]3C=C[C@@H]5C3)C2=O)cc1.COc1ccc(CN2Cc3c(c4c5ccccc5n5c4c4c3c3ccccc3n4[C@H]3C[C@H](O)[C@@H]5C3)C2=O)cc1. The van der Waals surface area contributed by atoms with Crippen molar-refractivity contribution in [3.05, 3.63) is 281 Å². The Bertz CT molecular complexity index is 7410. The van der Waals surface area contributed by atoms with Gasteiger partial charge in [0.05, 0.1) is 107 Å². The molecule has 6 aromatic heterocycles. The second-order valence-electron chi connectivity index (χ2n) is 33.5. The lowest BCUT2D eigenvalue weighted by molar-refractivity contribution is 0.0761. The summed E-state index contributed by atoms with van der Waals surface area (Å²) in [6.07, 6.45) is 8.21. The molecule has 17 heteroatoms. The molecule has 8 atom stereocenters. The second kappa shape index (κ2) is 24.2. The third kappa shape index (κ3) is 8.82. The van der Waals surface area contributed by atoms with Crippen LogP contribution in [0.4, 0.5) is 0 Å². The first-order valence-corrected chi connectivity index (χ1v) is 40.8. The van der Waals surface area contributed by atoms with Gasteiger partial charge in [0.25, 0.3) is 17.7 Å². The number of nitrogens with zero attached hydrogens (tertiary/aromatic N) is 9. The van der Waals surface area contributed by atoms with Gasteiger partial charge >= 0.3 is 0 Å². The molecule has 568 valence electrons. The molecule has 27 rings (SSSR count). The maximum Gasteiger partial charge on any atom is 0.255 e. The van der Waals surface area contributed by atoms with Gasteiger partial charge in [-0.25, -0.2) is 0 Å². The first-order chi connectivity index (χ1) is 57.0. The number of carbonyl (C=O) groups excluding carboxylic acids is 3. The van der Waals surface area contributed by atoms with Crippen molar-refractivity contribution >= 4 is 149 Å². The minimum absolute atomic E-state index is 0.00998. The zero-order chi connectivity index (χ0) is 77.1. The van der Waals surface area contributed by atoms with Crippen LogP contribution in [-0.2, 0) is 39.3 Å². The van der Waals surface area contributed by atoms with Gasteiger partial charge in [-0.3, -0.25) is 14.4 Å². The highest BCUT2D eigenvalue weighted by Crippen LogP contribution is 2.59. The Kier molecular flexibility index (Phi) is 13.9. The predicted molar refractivity (Wildman–Crippen MR) is 456 cm³/mol. The summed E-state index contributed by atoms with van der Waals surface area (Å²) in [6.45, 7) is 3.42. The molecule has 3 amide bonds. The summed E-state index contributed by atoms with van der Waals surface area (Å²) in [4.78, 5) is 49.0. The van der Waals surface area contributed by atoms with Gasteiger partial charge in [0, 0.05) is 149 Å². The summed E-state index contributed by atoms with van der Waals surface area (Å²) in [5.74, 6) is 2.75. The van der Waals surface area contributed by atoms with Crippen molar-refractivity contribution in [2.45, 2.75) is 120 Å². The Morgan fingerprint density at radius 1 is 0.302 bits per heavy atom. The molecule has 18 aromatic rings. The number of ether oxygens (including phenoxy) is 3. The van der Waals surface area contributed by atoms with Crippen LogP contribution in [0.3, 0.4) is 0 Å². The summed E-state index contributed by atoms with van der Waals surface area (Å²) in [6, 6.07) is 76.5. The van der Waals surface area contributed by atoms with Crippen molar-refractivity contribution < 1.29 is 38.8 Å². The van der Waals surface area contributed by atoms with E-state index in [4.69, 9.17) is 14.2 Å². The number of para-hydroxylation sites is 6. The molecule has 6 bridgehead atoms. The van der Waals surface area contributed by atoms with E-state index in [1.165, 1.54) is 81.9 Å².